The molecule has 4 unspecified atom stereocenters. The highest BCUT2D eigenvalue weighted by Gasteiger charge is 2.39. The minimum Gasteiger partial charge on any atom is -0.349 e. The van der Waals surface area contributed by atoms with E-state index in [1.165, 1.54) is 6.42 Å². The zero-order valence-electron chi connectivity index (χ0n) is 7.58. The average Bonchev–Trinajstić information content (AvgIpc) is 2.28. The SMILES string of the molecule is CC1CC(C)C2NC(=O)C=CC12. The Bertz CT molecular complexity index is 234. The Balaban J connectivity index is 2.23. The van der Waals surface area contributed by atoms with Gasteiger partial charge in [-0.3, -0.25) is 4.79 Å². The molecule has 2 aliphatic rings. The van der Waals surface area contributed by atoms with Crippen molar-refractivity contribution in [1.29, 1.82) is 0 Å². The lowest BCUT2D eigenvalue weighted by molar-refractivity contribution is -0.118. The Labute approximate surface area is 73.0 Å². The first-order valence-electron chi connectivity index (χ1n) is 4.67. The van der Waals surface area contributed by atoms with E-state index in [-0.39, 0.29) is 5.91 Å². The molecule has 12 heavy (non-hydrogen) atoms. The van der Waals surface area contributed by atoms with Gasteiger partial charge in [-0.2, -0.15) is 0 Å². The summed E-state index contributed by atoms with van der Waals surface area (Å²) < 4.78 is 0. The van der Waals surface area contributed by atoms with E-state index in [0.29, 0.717) is 17.9 Å². The molecule has 0 bridgehead atoms. The first kappa shape index (κ1) is 7.84. The minimum absolute atomic E-state index is 0.0807. The molecule has 1 amide bonds. The molecule has 2 nitrogen and oxygen atoms in total. The molecule has 0 saturated heterocycles. The Morgan fingerprint density at radius 1 is 1.42 bits per heavy atom. The third kappa shape index (κ3) is 1.06. The lowest BCUT2D eigenvalue weighted by Gasteiger charge is -2.26. The molecule has 2 rings (SSSR count). The summed E-state index contributed by atoms with van der Waals surface area (Å²) in [6.45, 7) is 4.49. The molecule has 0 spiro atoms. The molecule has 4 atom stereocenters. The van der Waals surface area contributed by atoms with Crippen LogP contribution < -0.4 is 5.32 Å². The van der Waals surface area contributed by atoms with E-state index in [1.807, 2.05) is 0 Å². The Kier molecular flexibility index (Phi) is 1.71. The van der Waals surface area contributed by atoms with Crippen molar-refractivity contribution in [3.05, 3.63) is 12.2 Å². The van der Waals surface area contributed by atoms with Crippen LogP contribution in [0.1, 0.15) is 20.3 Å². The molecule has 1 heterocycles. The molecule has 0 aromatic heterocycles. The van der Waals surface area contributed by atoms with Crippen LogP contribution >= 0.6 is 0 Å². The summed E-state index contributed by atoms with van der Waals surface area (Å²) in [6, 6.07) is 0.400. The monoisotopic (exact) mass is 165 g/mol. The molecule has 1 fully saturated rings. The summed E-state index contributed by atoms with van der Waals surface area (Å²) >= 11 is 0. The highest BCUT2D eigenvalue weighted by atomic mass is 16.1. The summed E-state index contributed by atoms with van der Waals surface area (Å²) in [5, 5.41) is 3.03. The van der Waals surface area contributed by atoms with Crippen LogP contribution in [0, 0.1) is 17.8 Å². The molecule has 2 heteroatoms. The van der Waals surface area contributed by atoms with Gasteiger partial charge >= 0.3 is 0 Å². The molecule has 1 N–H and O–H groups in total. The number of nitrogens with one attached hydrogen (secondary N) is 1. The quantitative estimate of drug-likeness (QED) is 0.576. The highest BCUT2D eigenvalue weighted by molar-refractivity contribution is 5.88. The van der Waals surface area contributed by atoms with Gasteiger partial charge in [-0.05, 0) is 24.3 Å². The van der Waals surface area contributed by atoms with Crippen LogP contribution in [0.2, 0.25) is 0 Å². The van der Waals surface area contributed by atoms with Crippen molar-refractivity contribution in [2.45, 2.75) is 26.3 Å². The van der Waals surface area contributed by atoms with Crippen LogP contribution in [0.4, 0.5) is 0 Å². The summed E-state index contributed by atoms with van der Waals surface area (Å²) in [7, 11) is 0. The van der Waals surface area contributed by atoms with E-state index in [4.69, 9.17) is 0 Å². The van der Waals surface area contributed by atoms with Crippen molar-refractivity contribution in [3.63, 3.8) is 0 Å². The second kappa shape index (κ2) is 2.61. The topological polar surface area (TPSA) is 29.1 Å². The molecule has 0 aromatic carbocycles. The standard InChI is InChI=1S/C10H15NO/c1-6-5-7(2)10-8(6)3-4-9(12)11-10/h3-4,6-8,10H,5H2,1-2H3,(H,11,12). The molecule has 0 aromatic rings. The smallest absolute Gasteiger partial charge is 0.243 e. The van der Waals surface area contributed by atoms with E-state index in [9.17, 15) is 4.79 Å². The molecular formula is C10H15NO. The van der Waals surface area contributed by atoms with Gasteiger partial charge in [0, 0.05) is 12.0 Å². The van der Waals surface area contributed by atoms with Gasteiger partial charge in [-0.1, -0.05) is 19.9 Å². The van der Waals surface area contributed by atoms with E-state index in [1.54, 1.807) is 6.08 Å². The van der Waals surface area contributed by atoms with Crippen molar-refractivity contribution < 1.29 is 4.79 Å². The maximum Gasteiger partial charge on any atom is 0.243 e. The van der Waals surface area contributed by atoms with Crippen molar-refractivity contribution in [3.8, 4) is 0 Å². The number of hydrogen-bond acceptors (Lipinski definition) is 1. The lowest BCUT2D eigenvalue weighted by Crippen LogP contribution is -2.42. The second-order valence-corrected chi connectivity index (χ2v) is 4.16. The van der Waals surface area contributed by atoms with E-state index in [0.717, 1.165) is 5.92 Å². The zero-order valence-corrected chi connectivity index (χ0v) is 7.58. The van der Waals surface area contributed by atoms with E-state index in [2.05, 4.69) is 25.2 Å². The van der Waals surface area contributed by atoms with Crippen LogP contribution in [-0.4, -0.2) is 11.9 Å². The molecule has 0 radical (unpaired) electrons. The first-order chi connectivity index (χ1) is 5.68. The highest BCUT2D eigenvalue weighted by Crippen LogP contribution is 2.38. The van der Waals surface area contributed by atoms with Crippen LogP contribution in [0.25, 0.3) is 0 Å². The van der Waals surface area contributed by atoms with E-state index < -0.39 is 0 Å². The van der Waals surface area contributed by atoms with Crippen LogP contribution in [0.3, 0.4) is 0 Å². The van der Waals surface area contributed by atoms with Gasteiger partial charge in [0.25, 0.3) is 0 Å². The van der Waals surface area contributed by atoms with E-state index >= 15 is 0 Å². The van der Waals surface area contributed by atoms with Crippen molar-refractivity contribution in [1.82, 2.24) is 5.32 Å². The van der Waals surface area contributed by atoms with Gasteiger partial charge in [-0.15, -0.1) is 0 Å². The van der Waals surface area contributed by atoms with Crippen molar-refractivity contribution in [2.75, 3.05) is 0 Å². The summed E-state index contributed by atoms with van der Waals surface area (Å²) in [5.41, 5.74) is 0. The number of rotatable bonds is 0. The number of amides is 1. The van der Waals surface area contributed by atoms with Crippen molar-refractivity contribution >= 4 is 5.91 Å². The Morgan fingerprint density at radius 2 is 2.17 bits per heavy atom. The third-order valence-electron chi connectivity index (χ3n) is 3.21. The van der Waals surface area contributed by atoms with Crippen LogP contribution in [0.5, 0.6) is 0 Å². The molecule has 1 aliphatic heterocycles. The average molecular weight is 165 g/mol. The molecule has 1 saturated carbocycles. The molecule has 1 aliphatic carbocycles. The van der Waals surface area contributed by atoms with Gasteiger partial charge < -0.3 is 5.32 Å². The van der Waals surface area contributed by atoms with Gasteiger partial charge in [0.05, 0.1) is 0 Å². The van der Waals surface area contributed by atoms with Crippen LogP contribution in [0.15, 0.2) is 12.2 Å². The molecular weight excluding hydrogens is 150 g/mol. The maximum absolute atomic E-state index is 11.1. The Hall–Kier alpha value is -0.790. The number of fused-ring (bicyclic) bond motifs is 1. The molecule has 66 valence electrons. The number of hydrogen-bond donors (Lipinski definition) is 1. The predicted octanol–water partition coefficient (Wildman–Crippen LogP) is 1.33. The van der Waals surface area contributed by atoms with Gasteiger partial charge in [0.2, 0.25) is 5.91 Å². The lowest BCUT2D eigenvalue weighted by atomic mass is 9.92. The first-order valence-corrected chi connectivity index (χ1v) is 4.67. The summed E-state index contributed by atoms with van der Waals surface area (Å²) in [4.78, 5) is 11.1. The summed E-state index contributed by atoms with van der Waals surface area (Å²) in [5.74, 6) is 2.02. The third-order valence-corrected chi connectivity index (χ3v) is 3.21. The number of carbonyl (C=O) groups excluding carboxylic acids is 1. The predicted molar refractivity (Wildman–Crippen MR) is 47.5 cm³/mol. The largest absolute Gasteiger partial charge is 0.349 e. The fourth-order valence-corrected chi connectivity index (χ4v) is 2.58. The Morgan fingerprint density at radius 3 is 2.92 bits per heavy atom. The fourth-order valence-electron chi connectivity index (χ4n) is 2.58. The maximum atomic E-state index is 11.1. The van der Waals surface area contributed by atoms with Gasteiger partial charge in [0.15, 0.2) is 0 Å². The van der Waals surface area contributed by atoms with Gasteiger partial charge in [0.1, 0.15) is 0 Å². The van der Waals surface area contributed by atoms with Crippen molar-refractivity contribution in [2.24, 2.45) is 17.8 Å². The fraction of sp³-hybridized carbons (Fsp3) is 0.700. The van der Waals surface area contributed by atoms with Crippen LogP contribution in [-0.2, 0) is 4.79 Å². The minimum atomic E-state index is 0.0807. The normalized spacial score (nSPS) is 45.7. The zero-order chi connectivity index (χ0) is 8.72. The number of carbonyl (C=O) groups is 1. The second-order valence-electron chi connectivity index (χ2n) is 4.16. The summed E-state index contributed by atoms with van der Waals surface area (Å²) in [6.07, 6.45) is 4.99. The van der Waals surface area contributed by atoms with Gasteiger partial charge in [-0.25, -0.2) is 0 Å².